The van der Waals surface area contributed by atoms with Gasteiger partial charge < -0.3 is 0 Å². The molecule has 1 rings (SSSR count). The van der Waals surface area contributed by atoms with E-state index in [1.807, 2.05) is 6.07 Å². The van der Waals surface area contributed by atoms with Crippen LogP contribution in [-0.4, -0.2) is 0 Å². The van der Waals surface area contributed by atoms with Crippen molar-refractivity contribution in [2.75, 3.05) is 0 Å². The van der Waals surface area contributed by atoms with Gasteiger partial charge in [-0.3, -0.25) is 0 Å². The van der Waals surface area contributed by atoms with Crippen molar-refractivity contribution >= 4 is 34.8 Å². The van der Waals surface area contributed by atoms with Crippen LogP contribution in [0.1, 0.15) is 43.5 Å². The second-order valence-corrected chi connectivity index (χ2v) is 5.00. The molecule has 0 radical (unpaired) electrons. The number of alkyl halides is 1. The Labute approximate surface area is 107 Å². The summed E-state index contributed by atoms with van der Waals surface area (Å²) in [6.45, 7) is 2.18. The molecule has 3 heteroatoms. The standard InChI is InChI=1S/C12H15Cl3/c1-2-3-4-5-11(14)10-8-9(13)6-7-12(10)15/h6-8,11H,2-5H2,1H3. The summed E-state index contributed by atoms with van der Waals surface area (Å²) in [6, 6.07) is 5.44. The predicted octanol–water partition coefficient (Wildman–Crippen LogP) is 5.85. The summed E-state index contributed by atoms with van der Waals surface area (Å²) in [5.41, 5.74) is 0.946. The van der Waals surface area contributed by atoms with Crippen molar-refractivity contribution < 1.29 is 0 Å². The summed E-state index contributed by atoms with van der Waals surface area (Å²) >= 11 is 18.2. The van der Waals surface area contributed by atoms with E-state index in [-0.39, 0.29) is 5.38 Å². The Kier molecular flexibility index (Phi) is 5.81. The van der Waals surface area contributed by atoms with E-state index in [4.69, 9.17) is 34.8 Å². The summed E-state index contributed by atoms with van der Waals surface area (Å²) in [7, 11) is 0. The molecule has 0 amide bonds. The first-order chi connectivity index (χ1) is 7.15. The van der Waals surface area contributed by atoms with E-state index in [0.717, 1.165) is 18.4 Å². The zero-order valence-corrected chi connectivity index (χ0v) is 11.0. The van der Waals surface area contributed by atoms with Crippen LogP contribution < -0.4 is 0 Å². The molecule has 0 heterocycles. The van der Waals surface area contributed by atoms with Gasteiger partial charge in [-0.25, -0.2) is 0 Å². The monoisotopic (exact) mass is 264 g/mol. The fourth-order valence-electron chi connectivity index (χ4n) is 1.48. The van der Waals surface area contributed by atoms with Crippen molar-refractivity contribution in [2.24, 2.45) is 0 Å². The first kappa shape index (κ1) is 13.2. The van der Waals surface area contributed by atoms with Crippen LogP contribution in [0, 0.1) is 0 Å². The van der Waals surface area contributed by atoms with Crippen LogP contribution in [0.4, 0.5) is 0 Å². The molecule has 84 valence electrons. The molecular formula is C12H15Cl3. The van der Waals surface area contributed by atoms with Gasteiger partial charge in [0.05, 0.1) is 5.38 Å². The Bertz CT molecular complexity index is 310. The minimum absolute atomic E-state index is 0.0252. The fourth-order valence-corrected chi connectivity index (χ4v) is 2.30. The molecule has 1 aromatic carbocycles. The average Bonchev–Trinajstić information content (AvgIpc) is 2.22. The van der Waals surface area contributed by atoms with Crippen LogP contribution in [0.5, 0.6) is 0 Å². The Morgan fingerprint density at radius 1 is 1.20 bits per heavy atom. The van der Waals surface area contributed by atoms with Crippen molar-refractivity contribution in [2.45, 2.75) is 38.0 Å². The van der Waals surface area contributed by atoms with Crippen LogP contribution >= 0.6 is 34.8 Å². The van der Waals surface area contributed by atoms with E-state index in [1.54, 1.807) is 12.1 Å². The summed E-state index contributed by atoms with van der Waals surface area (Å²) in [5.74, 6) is 0. The van der Waals surface area contributed by atoms with Crippen molar-refractivity contribution in [3.8, 4) is 0 Å². The highest BCUT2D eigenvalue weighted by Gasteiger charge is 2.11. The normalized spacial score (nSPS) is 12.8. The van der Waals surface area contributed by atoms with Gasteiger partial charge in [-0.15, -0.1) is 11.6 Å². The third-order valence-electron chi connectivity index (χ3n) is 2.36. The van der Waals surface area contributed by atoms with Gasteiger partial charge in [-0.05, 0) is 30.2 Å². The van der Waals surface area contributed by atoms with Gasteiger partial charge in [-0.2, -0.15) is 0 Å². The maximum atomic E-state index is 6.28. The molecule has 0 N–H and O–H groups in total. The fraction of sp³-hybridized carbons (Fsp3) is 0.500. The number of unbranched alkanes of at least 4 members (excludes halogenated alkanes) is 2. The van der Waals surface area contributed by atoms with Gasteiger partial charge in [0, 0.05) is 10.0 Å². The quantitative estimate of drug-likeness (QED) is 0.462. The molecule has 0 saturated carbocycles. The molecule has 0 aromatic heterocycles. The van der Waals surface area contributed by atoms with E-state index >= 15 is 0 Å². The molecule has 0 saturated heterocycles. The third kappa shape index (κ3) is 4.22. The van der Waals surface area contributed by atoms with Gasteiger partial charge >= 0.3 is 0 Å². The summed E-state index contributed by atoms with van der Waals surface area (Å²) < 4.78 is 0. The van der Waals surface area contributed by atoms with Gasteiger partial charge in [0.1, 0.15) is 0 Å². The Balaban J connectivity index is 2.64. The van der Waals surface area contributed by atoms with Crippen LogP contribution in [-0.2, 0) is 0 Å². The molecule has 0 nitrogen and oxygen atoms in total. The smallest absolute Gasteiger partial charge is 0.0600 e. The second-order valence-electron chi connectivity index (χ2n) is 3.63. The maximum Gasteiger partial charge on any atom is 0.0600 e. The number of hydrogen-bond donors (Lipinski definition) is 0. The van der Waals surface area contributed by atoms with E-state index in [9.17, 15) is 0 Å². The van der Waals surface area contributed by atoms with E-state index in [1.165, 1.54) is 12.8 Å². The molecule has 1 aromatic rings. The van der Waals surface area contributed by atoms with Crippen molar-refractivity contribution in [1.29, 1.82) is 0 Å². The lowest BCUT2D eigenvalue weighted by Gasteiger charge is -2.11. The zero-order valence-electron chi connectivity index (χ0n) is 8.77. The SMILES string of the molecule is CCCCCC(Cl)c1cc(Cl)ccc1Cl. The lowest BCUT2D eigenvalue weighted by Crippen LogP contribution is -1.92. The Hall–Kier alpha value is 0.0900. The van der Waals surface area contributed by atoms with Gasteiger partial charge in [-0.1, -0.05) is 49.4 Å². The number of hydrogen-bond acceptors (Lipinski definition) is 0. The molecule has 0 aliphatic rings. The summed E-state index contributed by atoms with van der Waals surface area (Å²) in [6.07, 6.45) is 4.50. The maximum absolute atomic E-state index is 6.28. The lowest BCUT2D eigenvalue weighted by molar-refractivity contribution is 0.655. The Morgan fingerprint density at radius 2 is 1.93 bits per heavy atom. The van der Waals surface area contributed by atoms with Gasteiger partial charge in [0.15, 0.2) is 0 Å². The summed E-state index contributed by atoms with van der Waals surface area (Å²) in [4.78, 5) is 0. The largest absolute Gasteiger partial charge is 0.118 e. The highest BCUT2D eigenvalue weighted by molar-refractivity contribution is 6.34. The Morgan fingerprint density at radius 3 is 2.60 bits per heavy atom. The minimum Gasteiger partial charge on any atom is -0.118 e. The molecule has 0 bridgehead atoms. The lowest BCUT2D eigenvalue weighted by atomic mass is 10.1. The molecule has 0 aliphatic heterocycles. The van der Waals surface area contributed by atoms with Crippen LogP contribution in [0.15, 0.2) is 18.2 Å². The van der Waals surface area contributed by atoms with Crippen LogP contribution in [0.25, 0.3) is 0 Å². The van der Waals surface area contributed by atoms with E-state index in [2.05, 4.69) is 6.92 Å². The van der Waals surface area contributed by atoms with Crippen molar-refractivity contribution in [3.63, 3.8) is 0 Å². The third-order valence-corrected chi connectivity index (χ3v) is 3.39. The number of benzene rings is 1. The van der Waals surface area contributed by atoms with Crippen molar-refractivity contribution in [3.05, 3.63) is 33.8 Å². The highest BCUT2D eigenvalue weighted by atomic mass is 35.5. The van der Waals surface area contributed by atoms with Crippen LogP contribution in [0.3, 0.4) is 0 Å². The molecule has 0 fully saturated rings. The number of halogens is 3. The molecule has 0 spiro atoms. The molecule has 15 heavy (non-hydrogen) atoms. The second kappa shape index (κ2) is 6.62. The van der Waals surface area contributed by atoms with Crippen molar-refractivity contribution in [1.82, 2.24) is 0 Å². The highest BCUT2D eigenvalue weighted by Crippen LogP contribution is 2.33. The topological polar surface area (TPSA) is 0 Å². The molecule has 0 aliphatic carbocycles. The zero-order chi connectivity index (χ0) is 11.3. The van der Waals surface area contributed by atoms with Gasteiger partial charge in [0.2, 0.25) is 0 Å². The molecule has 1 unspecified atom stereocenters. The first-order valence-electron chi connectivity index (χ1n) is 5.24. The minimum atomic E-state index is -0.0252. The van der Waals surface area contributed by atoms with Crippen LogP contribution in [0.2, 0.25) is 10.0 Å². The van der Waals surface area contributed by atoms with E-state index in [0.29, 0.717) is 10.0 Å². The average molecular weight is 266 g/mol. The molecule has 1 atom stereocenters. The predicted molar refractivity (Wildman–Crippen MR) is 69.2 cm³/mol. The first-order valence-corrected chi connectivity index (χ1v) is 6.43. The molecular weight excluding hydrogens is 250 g/mol. The van der Waals surface area contributed by atoms with E-state index < -0.39 is 0 Å². The van der Waals surface area contributed by atoms with Gasteiger partial charge in [0.25, 0.3) is 0 Å². The number of rotatable bonds is 5. The summed E-state index contributed by atoms with van der Waals surface area (Å²) in [5, 5.41) is 1.37.